The van der Waals surface area contributed by atoms with Crippen molar-refractivity contribution in [1.82, 2.24) is 20.0 Å². The van der Waals surface area contributed by atoms with Crippen LogP contribution in [0.15, 0.2) is 6.20 Å². The number of likely N-dealkylation sites (tertiary alicyclic amines) is 1. The number of piperidine rings is 1. The zero-order valence-electron chi connectivity index (χ0n) is 12.1. The minimum Gasteiger partial charge on any atom is -0.339 e. The first-order chi connectivity index (χ1) is 9.15. The molecular formula is C14H24N4O. The Kier molecular flexibility index (Phi) is 4.58. The van der Waals surface area contributed by atoms with Crippen molar-refractivity contribution < 1.29 is 4.79 Å². The predicted molar refractivity (Wildman–Crippen MR) is 75.1 cm³/mol. The van der Waals surface area contributed by atoms with E-state index in [-0.39, 0.29) is 5.91 Å². The first-order valence-electron chi connectivity index (χ1n) is 7.12. The van der Waals surface area contributed by atoms with Crippen LogP contribution in [0.2, 0.25) is 0 Å². The molecule has 0 saturated carbocycles. The fourth-order valence-electron chi connectivity index (χ4n) is 2.77. The third-order valence-electron chi connectivity index (χ3n) is 3.87. The summed E-state index contributed by atoms with van der Waals surface area (Å²) in [6, 6.07) is 0. The summed E-state index contributed by atoms with van der Waals surface area (Å²) in [5.41, 5.74) is 1.68. The van der Waals surface area contributed by atoms with Crippen LogP contribution >= 0.6 is 0 Å². The van der Waals surface area contributed by atoms with Crippen LogP contribution in [0.1, 0.15) is 35.8 Å². The van der Waals surface area contributed by atoms with Crippen LogP contribution in [0, 0.1) is 5.92 Å². The van der Waals surface area contributed by atoms with Gasteiger partial charge in [-0.05, 0) is 38.8 Å². The zero-order chi connectivity index (χ0) is 13.8. The van der Waals surface area contributed by atoms with E-state index in [2.05, 4.69) is 10.4 Å². The minimum absolute atomic E-state index is 0.146. The van der Waals surface area contributed by atoms with Crippen LogP contribution < -0.4 is 5.32 Å². The maximum absolute atomic E-state index is 12.5. The summed E-state index contributed by atoms with van der Waals surface area (Å²) in [5.74, 6) is 0.849. The lowest BCUT2D eigenvalue weighted by atomic mass is 9.96. The summed E-state index contributed by atoms with van der Waals surface area (Å²) in [7, 11) is 3.86. The minimum atomic E-state index is 0.146. The van der Waals surface area contributed by atoms with Crippen LogP contribution in [0.3, 0.4) is 0 Å². The van der Waals surface area contributed by atoms with Crippen molar-refractivity contribution in [2.45, 2.75) is 26.2 Å². The molecule has 1 aliphatic rings. The highest BCUT2D eigenvalue weighted by molar-refractivity contribution is 5.95. The standard InChI is InChI=1S/C14H24N4O/c1-4-13-12(10-17(3)16-13)14(19)18-7-5-11(6-8-18)9-15-2/h10-11,15H,4-9H2,1-3H3. The van der Waals surface area contributed by atoms with Crippen molar-refractivity contribution in [3.05, 3.63) is 17.5 Å². The van der Waals surface area contributed by atoms with Gasteiger partial charge < -0.3 is 10.2 Å². The second-order valence-corrected chi connectivity index (χ2v) is 5.31. The number of aryl methyl sites for hydroxylation is 2. The van der Waals surface area contributed by atoms with Crippen molar-refractivity contribution in [1.29, 1.82) is 0 Å². The SMILES string of the molecule is CCc1nn(C)cc1C(=O)N1CCC(CNC)CC1. The van der Waals surface area contributed by atoms with Gasteiger partial charge in [-0.25, -0.2) is 0 Å². The molecule has 19 heavy (non-hydrogen) atoms. The molecule has 1 aliphatic heterocycles. The van der Waals surface area contributed by atoms with Crippen molar-refractivity contribution in [3.8, 4) is 0 Å². The van der Waals surface area contributed by atoms with Crippen molar-refractivity contribution in [3.63, 3.8) is 0 Å². The molecular weight excluding hydrogens is 240 g/mol. The summed E-state index contributed by atoms with van der Waals surface area (Å²) in [6.45, 7) is 4.82. The highest BCUT2D eigenvalue weighted by atomic mass is 16.2. The molecule has 1 aromatic heterocycles. The van der Waals surface area contributed by atoms with Gasteiger partial charge in [-0.3, -0.25) is 9.48 Å². The van der Waals surface area contributed by atoms with E-state index in [1.54, 1.807) is 4.68 Å². The van der Waals surface area contributed by atoms with E-state index in [0.717, 1.165) is 50.2 Å². The second kappa shape index (κ2) is 6.19. The molecule has 1 fully saturated rings. The van der Waals surface area contributed by atoms with Crippen molar-refractivity contribution >= 4 is 5.91 Å². The van der Waals surface area contributed by atoms with E-state index in [1.165, 1.54) is 0 Å². The summed E-state index contributed by atoms with van der Waals surface area (Å²) in [5, 5.41) is 7.57. The van der Waals surface area contributed by atoms with Gasteiger partial charge in [0.25, 0.3) is 5.91 Å². The van der Waals surface area contributed by atoms with E-state index in [1.807, 2.05) is 32.1 Å². The molecule has 0 aromatic carbocycles. The molecule has 0 aliphatic carbocycles. The second-order valence-electron chi connectivity index (χ2n) is 5.31. The Morgan fingerprint density at radius 2 is 2.16 bits per heavy atom. The lowest BCUT2D eigenvalue weighted by Crippen LogP contribution is -2.40. The molecule has 0 bridgehead atoms. The molecule has 0 radical (unpaired) electrons. The molecule has 1 amide bonds. The van der Waals surface area contributed by atoms with Gasteiger partial charge in [0.15, 0.2) is 0 Å². The Labute approximate surface area is 115 Å². The topological polar surface area (TPSA) is 50.2 Å². The first kappa shape index (κ1) is 14.1. The largest absolute Gasteiger partial charge is 0.339 e. The van der Waals surface area contributed by atoms with Gasteiger partial charge in [0.1, 0.15) is 0 Å². The molecule has 5 nitrogen and oxygen atoms in total. The van der Waals surface area contributed by atoms with E-state index in [4.69, 9.17) is 0 Å². The quantitative estimate of drug-likeness (QED) is 0.884. The molecule has 1 aromatic rings. The van der Waals surface area contributed by atoms with Gasteiger partial charge in [0, 0.05) is 26.3 Å². The Hall–Kier alpha value is -1.36. The smallest absolute Gasteiger partial charge is 0.257 e. The predicted octanol–water partition coefficient (Wildman–Crippen LogP) is 1.05. The maximum Gasteiger partial charge on any atom is 0.257 e. The van der Waals surface area contributed by atoms with Gasteiger partial charge in [0.2, 0.25) is 0 Å². The van der Waals surface area contributed by atoms with Crippen LogP contribution in [0.5, 0.6) is 0 Å². The normalized spacial score (nSPS) is 16.9. The average Bonchev–Trinajstić information content (AvgIpc) is 2.80. The number of carbonyl (C=O) groups is 1. The number of nitrogens with one attached hydrogen (secondary N) is 1. The Morgan fingerprint density at radius 1 is 1.47 bits per heavy atom. The van der Waals surface area contributed by atoms with Crippen LogP contribution in [-0.2, 0) is 13.5 Å². The van der Waals surface area contributed by atoms with Gasteiger partial charge in [-0.2, -0.15) is 5.10 Å². The first-order valence-corrected chi connectivity index (χ1v) is 7.12. The Balaban J connectivity index is 2.01. The van der Waals surface area contributed by atoms with E-state index >= 15 is 0 Å². The number of amides is 1. The number of aromatic nitrogens is 2. The molecule has 1 saturated heterocycles. The summed E-state index contributed by atoms with van der Waals surface area (Å²) in [4.78, 5) is 14.5. The third-order valence-corrected chi connectivity index (χ3v) is 3.87. The number of carbonyl (C=O) groups excluding carboxylic acids is 1. The summed E-state index contributed by atoms with van der Waals surface area (Å²) >= 11 is 0. The Morgan fingerprint density at radius 3 is 2.74 bits per heavy atom. The number of hydrogen-bond acceptors (Lipinski definition) is 3. The fourth-order valence-corrected chi connectivity index (χ4v) is 2.77. The van der Waals surface area contributed by atoms with Crippen LogP contribution in [-0.4, -0.2) is 47.3 Å². The van der Waals surface area contributed by atoms with Gasteiger partial charge in [-0.15, -0.1) is 0 Å². The van der Waals surface area contributed by atoms with E-state index in [0.29, 0.717) is 5.92 Å². The number of rotatable bonds is 4. The highest BCUT2D eigenvalue weighted by Gasteiger charge is 2.25. The zero-order valence-corrected chi connectivity index (χ0v) is 12.1. The van der Waals surface area contributed by atoms with Crippen LogP contribution in [0.25, 0.3) is 0 Å². The van der Waals surface area contributed by atoms with Crippen molar-refractivity contribution in [2.75, 3.05) is 26.7 Å². The Bertz CT molecular complexity index is 433. The molecule has 0 spiro atoms. The van der Waals surface area contributed by atoms with Gasteiger partial charge in [0.05, 0.1) is 11.3 Å². The fraction of sp³-hybridized carbons (Fsp3) is 0.714. The van der Waals surface area contributed by atoms with E-state index < -0.39 is 0 Å². The van der Waals surface area contributed by atoms with Crippen molar-refractivity contribution in [2.24, 2.45) is 13.0 Å². The third kappa shape index (κ3) is 3.15. The maximum atomic E-state index is 12.5. The molecule has 5 heteroatoms. The monoisotopic (exact) mass is 264 g/mol. The number of hydrogen-bond donors (Lipinski definition) is 1. The average molecular weight is 264 g/mol. The van der Waals surface area contributed by atoms with Gasteiger partial charge in [-0.1, -0.05) is 6.92 Å². The summed E-state index contributed by atoms with van der Waals surface area (Å²) < 4.78 is 1.74. The molecule has 2 rings (SSSR count). The molecule has 0 unspecified atom stereocenters. The molecule has 2 heterocycles. The lowest BCUT2D eigenvalue weighted by molar-refractivity contribution is 0.0690. The van der Waals surface area contributed by atoms with Gasteiger partial charge >= 0.3 is 0 Å². The number of nitrogens with zero attached hydrogens (tertiary/aromatic N) is 3. The summed E-state index contributed by atoms with van der Waals surface area (Å²) in [6.07, 6.45) is 4.83. The van der Waals surface area contributed by atoms with Crippen LogP contribution in [0.4, 0.5) is 0 Å². The highest BCUT2D eigenvalue weighted by Crippen LogP contribution is 2.19. The lowest BCUT2D eigenvalue weighted by Gasteiger charge is -2.31. The molecule has 0 atom stereocenters. The van der Waals surface area contributed by atoms with E-state index in [9.17, 15) is 4.79 Å². The molecule has 106 valence electrons. The molecule has 1 N–H and O–H groups in total.